The number of para-hydroxylation sites is 1. The zero-order chi connectivity index (χ0) is 19.9. The number of hydrogen-bond acceptors (Lipinski definition) is 3. The quantitative estimate of drug-likeness (QED) is 0.786. The number of anilines is 1. The van der Waals surface area contributed by atoms with Crippen molar-refractivity contribution in [2.75, 3.05) is 25.0 Å². The van der Waals surface area contributed by atoms with Crippen LogP contribution >= 0.6 is 0 Å². The molecule has 4 nitrogen and oxygen atoms in total. The lowest BCUT2D eigenvalue weighted by Crippen LogP contribution is -2.42. The zero-order valence-electron chi connectivity index (χ0n) is 16.8. The van der Waals surface area contributed by atoms with Gasteiger partial charge in [-0.15, -0.1) is 0 Å². The Bertz CT molecular complexity index is 772. The summed E-state index contributed by atoms with van der Waals surface area (Å²) in [7, 11) is 1.98. The van der Waals surface area contributed by atoms with Gasteiger partial charge in [0.15, 0.2) is 0 Å². The lowest BCUT2D eigenvalue weighted by Gasteiger charge is -2.32. The minimum atomic E-state index is -0.268. The summed E-state index contributed by atoms with van der Waals surface area (Å²) in [6, 6.07) is 14.5. The summed E-state index contributed by atoms with van der Waals surface area (Å²) < 4.78 is 13.0. The minimum Gasteiger partial charge on any atom is -0.371 e. The van der Waals surface area contributed by atoms with E-state index in [9.17, 15) is 9.18 Å². The molecule has 3 rings (SSSR count). The number of nitrogens with zero attached hydrogens (tertiary/aromatic N) is 2. The number of amides is 1. The van der Waals surface area contributed by atoms with Gasteiger partial charge in [-0.3, -0.25) is 9.69 Å². The number of likely N-dealkylation sites (N-methyl/N-ethyl adjacent to an activating group) is 1. The number of halogens is 1. The van der Waals surface area contributed by atoms with Crippen molar-refractivity contribution in [2.45, 2.75) is 45.3 Å². The number of benzene rings is 2. The molecule has 1 fully saturated rings. The number of piperidine rings is 1. The van der Waals surface area contributed by atoms with Gasteiger partial charge in [0, 0.05) is 31.9 Å². The molecule has 2 aromatic carbocycles. The van der Waals surface area contributed by atoms with Crippen LogP contribution in [-0.2, 0) is 17.9 Å². The van der Waals surface area contributed by atoms with E-state index in [-0.39, 0.29) is 17.8 Å². The molecule has 1 heterocycles. The van der Waals surface area contributed by atoms with Gasteiger partial charge in [0.05, 0.1) is 6.04 Å². The monoisotopic (exact) mass is 383 g/mol. The number of carbonyl (C=O) groups excluding carboxylic acids is 1. The lowest BCUT2D eigenvalue weighted by molar-refractivity contribution is -0.125. The van der Waals surface area contributed by atoms with Crippen LogP contribution < -0.4 is 10.2 Å². The minimum absolute atomic E-state index is 0.0257. The standard InChI is InChI=1S/C23H30FN3O/c1-18(23(28)25-16-19-10-12-21(24)13-11-19)26(2)17-20-8-4-5-9-22(20)27-14-6-3-7-15-27/h4-5,8-13,18H,3,6-7,14-17H2,1-2H3,(H,25,28). The Morgan fingerprint density at radius 3 is 2.50 bits per heavy atom. The molecule has 1 aliphatic heterocycles. The van der Waals surface area contributed by atoms with Gasteiger partial charge in [-0.05, 0) is 62.6 Å². The average Bonchev–Trinajstić information content (AvgIpc) is 2.73. The summed E-state index contributed by atoms with van der Waals surface area (Å²) in [6.07, 6.45) is 3.79. The largest absolute Gasteiger partial charge is 0.371 e. The van der Waals surface area contributed by atoms with Crippen LogP contribution in [0.25, 0.3) is 0 Å². The molecular formula is C23H30FN3O. The molecule has 1 unspecified atom stereocenters. The van der Waals surface area contributed by atoms with Gasteiger partial charge < -0.3 is 10.2 Å². The molecule has 0 saturated carbocycles. The van der Waals surface area contributed by atoms with Gasteiger partial charge in [-0.25, -0.2) is 4.39 Å². The molecule has 1 atom stereocenters. The lowest BCUT2D eigenvalue weighted by atomic mass is 10.1. The third-order valence-corrected chi connectivity index (χ3v) is 5.53. The van der Waals surface area contributed by atoms with E-state index < -0.39 is 0 Å². The second-order valence-electron chi connectivity index (χ2n) is 7.61. The van der Waals surface area contributed by atoms with Crippen LogP contribution in [0.2, 0.25) is 0 Å². The molecule has 1 aliphatic rings. The highest BCUT2D eigenvalue weighted by atomic mass is 19.1. The van der Waals surface area contributed by atoms with Crippen LogP contribution in [0.5, 0.6) is 0 Å². The summed E-state index contributed by atoms with van der Waals surface area (Å²) in [5, 5.41) is 2.95. The second-order valence-corrected chi connectivity index (χ2v) is 7.61. The molecule has 2 aromatic rings. The van der Waals surface area contributed by atoms with Gasteiger partial charge in [0.2, 0.25) is 5.91 Å². The normalized spacial score (nSPS) is 15.5. The maximum Gasteiger partial charge on any atom is 0.237 e. The van der Waals surface area contributed by atoms with Crippen molar-refractivity contribution in [2.24, 2.45) is 0 Å². The maximum atomic E-state index is 13.0. The Morgan fingerprint density at radius 2 is 1.79 bits per heavy atom. The van der Waals surface area contributed by atoms with Gasteiger partial charge in [-0.1, -0.05) is 30.3 Å². The SMILES string of the molecule is CC(C(=O)NCc1ccc(F)cc1)N(C)Cc1ccccc1N1CCCCC1. The average molecular weight is 384 g/mol. The molecule has 150 valence electrons. The number of nitrogens with one attached hydrogen (secondary N) is 1. The molecule has 0 radical (unpaired) electrons. The third kappa shape index (κ3) is 5.32. The van der Waals surface area contributed by atoms with E-state index in [1.54, 1.807) is 12.1 Å². The van der Waals surface area contributed by atoms with Crippen molar-refractivity contribution in [1.29, 1.82) is 0 Å². The summed E-state index contributed by atoms with van der Waals surface area (Å²) in [5.41, 5.74) is 3.43. The van der Waals surface area contributed by atoms with Crippen molar-refractivity contribution in [3.8, 4) is 0 Å². The smallest absolute Gasteiger partial charge is 0.237 e. The topological polar surface area (TPSA) is 35.6 Å². The molecular weight excluding hydrogens is 353 g/mol. The van der Waals surface area contributed by atoms with Gasteiger partial charge >= 0.3 is 0 Å². The summed E-state index contributed by atoms with van der Waals surface area (Å²) in [6.45, 7) is 5.26. The van der Waals surface area contributed by atoms with Gasteiger partial charge in [0.25, 0.3) is 0 Å². The Kier molecular flexibility index (Phi) is 7.04. The second kappa shape index (κ2) is 9.69. The first-order valence-electron chi connectivity index (χ1n) is 10.1. The Labute approximate surface area is 167 Å². The predicted octanol–water partition coefficient (Wildman–Crippen LogP) is 3.95. The van der Waals surface area contributed by atoms with E-state index in [1.807, 2.05) is 14.0 Å². The first-order chi connectivity index (χ1) is 13.5. The van der Waals surface area contributed by atoms with Crippen molar-refractivity contribution < 1.29 is 9.18 Å². The molecule has 1 saturated heterocycles. The first-order valence-corrected chi connectivity index (χ1v) is 10.1. The fourth-order valence-electron chi connectivity index (χ4n) is 3.63. The van der Waals surface area contributed by atoms with Crippen molar-refractivity contribution >= 4 is 11.6 Å². The summed E-state index contributed by atoms with van der Waals surface area (Å²) in [5.74, 6) is -0.294. The predicted molar refractivity (Wildman–Crippen MR) is 112 cm³/mol. The number of hydrogen-bond donors (Lipinski definition) is 1. The molecule has 0 bridgehead atoms. The van der Waals surface area contributed by atoms with E-state index in [4.69, 9.17) is 0 Å². The molecule has 0 aromatic heterocycles. The van der Waals surface area contributed by atoms with Crippen LogP contribution in [0.1, 0.15) is 37.3 Å². The fraction of sp³-hybridized carbons (Fsp3) is 0.435. The zero-order valence-corrected chi connectivity index (χ0v) is 16.8. The molecule has 5 heteroatoms. The van der Waals surface area contributed by atoms with E-state index in [0.717, 1.165) is 25.2 Å². The molecule has 1 amide bonds. The maximum absolute atomic E-state index is 13.0. The van der Waals surface area contributed by atoms with Crippen LogP contribution in [-0.4, -0.2) is 37.0 Å². The van der Waals surface area contributed by atoms with Gasteiger partial charge in [-0.2, -0.15) is 0 Å². The molecule has 28 heavy (non-hydrogen) atoms. The molecule has 1 N–H and O–H groups in total. The van der Waals surface area contributed by atoms with Crippen molar-refractivity contribution in [3.05, 3.63) is 65.5 Å². The van der Waals surface area contributed by atoms with Crippen molar-refractivity contribution in [1.82, 2.24) is 10.2 Å². The third-order valence-electron chi connectivity index (χ3n) is 5.53. The number of rotatable bonds is 7. The Balaban J connectivity index is 1.58. The van der Waals surface area contributed by atoms with Crippen LogP contribution in [0.4, 0.5) is 10.1 Å². The highest BCUT2D eigenvalue weighted by Crippen LogP contribution is 2.25. The highest BCUT2D eigenvalue weighted by Gasteiger charge is 2.20. The van der Waals surface area contributed by atoms with Crippen molar-refractivity contribution in [3.63, 3.8) is 0 Å². The van der Waals surface area contributed by atoms with E-state index in [2.05, 4.69) is 39.4 Å². The number of carbonyl (C=O) groups is 1. The Hall–Kier alpha value is -2.40. The van der Waals surface area contributed by atoms with Crippen LogP contribution in [0.15, 0.2) is 48.5 Å². The summed E-state index contributed by atoms with van der Waals surface area (Å²) >= 11 is 0. The Morgan fingerprint density at radius 1 is 1.11 bits per heavy atom. The van der Waals surface area contributed by atoms with Gasteiger partial charge in [0.1, 0.15) is 5.82 Å². The van der Waals surface area contributed by atoms with E-state index in [1.165, 1.54) is 42.6 Å². The molecule has 0 spiro atoms. The summed E-state index contributed by atoms with van der Waals surface area (Å²) in [4.78, 5) is 17.1. The van der Waals surface area contributed by atoms with Crippen LogP contribution in [0, 0.1) is 5.82 Å². The fourth-order valence-corrected chi connectivity index (χ4v) is 3.63. The van der Waals surface area contributed by atoms with E-state index >= 15 is 0 Å². The van der Waals surface area contributed by atoms with Crippen LogP contribution in [0.3, 0.4) is 0 Å². The van der Waals surface area contributed by atoms with E-state index in [0.29, 0.717) is 6.54 Å². The highest BCUT2D eigenvalue weighted by molar-refractivity contribution is 5.81. The first kappa shape index (κ1) is 20.3. The molecule has 0 aliphatic carbocycles.